The van der Waals surface area contributed by atoms with Crippen LogP contribution in [0.25, 0.3) is 20.7 Å². The molecule has 1 amide bonds. The number of anilines is 2. The fourth-order valence-electron chi connectivity index (χ4n) is 3.54. The number of fused-ring (bicyclic) bond motifs is 1. The SMILES string of the molecule is O=C(c1ccc(Nc2nccc(-c3cc4ccccc4s3)n2)cc1)N1CCNCC1. The molecule has 2 aromatic carbocycles. The van der Waals surface area contributed by atoms with E-state index in [0.29, 0.717) is 11.5 Å². The van der Waals surface area contributed by atoms with Gasteiger partial charge in [0.2, 0.25) is 5.95 Å². The number of hydrogen-bond donors (Lipinski definition) is 2. The molecule has 1 aliphatic heterocycles. The molecule has 2 aromatic heterocycles. The molecule has 0 aliphatic carbocycles. The Bertz CT molecular complexity index is 1150. The molecule has 2 N–H and O–H groups in total. The predicted octanol–water partition coefficient (Wildman–Crippen LogP) is 4.15. The van der Waals surface area contributed by atoms with Crippen molar-refractivity contribution in [2.75, 3.05) is 31.5 Å². The summed E-state index contributed by atoms with van der Waals surface area (Å²) in [7, 11) is 0. The molecule has 7 heteroatoms. The fourth-order valence-corrected chi connectivity index (χ4v) is 4.57. The summed E-state index contributed by atoms with van der Waals surface area (Å²) >= 11 is 1.72. The average Bonchev–Trinajstić information content (AvgIpc) is 3.24. The molecular formula is C23H21N5OS. The van der Waals surface area contributed by atoms with Gasteiger partial charge in [-0.3, -0.25) is 4.79 Å². The number of thiophene rings is 1. The maximum absolute atomic E-state index is 12.6. The van der Waals surface area contributed by atoms with Crippen LogP contribution in [0, 0.1) is 0 Å². The number of carbonyl (C=O) groups excluding carboxylic acids is 1. The van der Waals surface area contributed by atoms with Crippen molar-refractivity contribution in [1.82, 2.24) is 20.2 Å². The Balaban J connectivity index is 1.32. The normalized spacial score (nSPS) is 14.1. The summed E-state index contributed by atoms with van der Waals surface area (Å²) in [5, 5.41) is 7.72. The summed E-state index contributed by atoms with van der Waals surface area (Å²) in [6.07, 6.45) is 1.76. The van der Waals surface area contributed by atoms with Gasteiger partial charge in [0.05, 0.1) is 10.6 Å². The lowest BCUT2D eigenvalue weighted by Gasteiger charge is -2.27. The van der Waals surface area contributed by atoms with Crippen molar-refractivity contribution in [1.29, 1.82) is 0 Å². The lowest BCUT2D eigenvalue weighted by atomic mass is 10.1. The number of amides is 1. The maximum Gasteiger partial charge on any atom is 0.253 e. The summed E-state index contributed by atoms with van der Waals surface area (Å²) in [5.74, 6) is 0.609. The lowest BCUT2D eigenvalue weighted by Crippen LogP contribution is -2.46. The number of hydrogen-bond acceptors (Lipinski definition) is 6. The van der Waals surface area contributed by atoms with Crippen molar-refractivity contribution in [2.24, 2.45) is 0 Å². The number of carbonyl (C=O) groups is 1. The second kappa shape index (κ2) is 8.22. The van der Waals surface area contributed by atoms with Crippen LogP contribution in [0.15, 0.2) is 66.9 Å². The number of rotatable bonds is 4. The molecule has 0 radical (unpaired) electrons. The van der Waals surface area contributed by atoms with Gasteiger partial charge in [0, 0.05) is 48.3 Å². The van der Waals surface area contributed by atoms with Gasteiger partial charge in [0.25, 0.3) is 5.91 Å². The Labute approximate surface area is 178 Å². The smallest absolute Gasteiger partial charge is 0.253 e. The largest absolute Gasteiger partial charge is 0.336 e. The highest BCUT2D eigenvalue weighted by molar-refractivity contribution is 7.22. The van der Waals surface area contributed by atoms with E-state index >= 15 is 0 Å². The molecule has 0 atom stereocenters. The minimum atomic E-state index is 0.0751. The molecular weight excluding hydrogens is 394 g/mol. The molecule has 1 fully saturated rings. The van der Waals surface area contributed by atoms with E-state index in [1.807, 2.05) is 47.4 Å². The van der Waals surface area contributed by atoms with Crippen molar-refractivity contribution in [3.63, 3.8) is 0 Å². The number of aromatic nitrogens is 2. The molecule has 1 aliphatic rings. The monoisotopic (exact) mass is 415 g/mol. The molecule has 150 valence electrons. The second-order valence-corrected chi connectivity index (χ2v) is 8.24. The van der Waals surface area contributed by atoms with E-state index < -0.39 is 0 Å². The van der Waals surface area contributed by atoms with E-state index in [1.165, 1.54) is 10.1 Å². The molecule has 0 unspecified atom stereocenters. The fraction of sp³-hybridized carbons (Fsp3) is 0.174. The molecule has 0 saturated carbocycles. The number of benzene rings is 2. The van der Waals surface area contributed by atoms with Crippen LogP contribution in [0.1, 0.15) is 10.4 Å². The van der Waals surface area contributed by atoms with Crippen LogP contribution < -0.4 is 10.6 Å². The summed E-state index contributed by atoms with van der Waals surface area (Å²) in [4.78, 5) is 24.6. The van der Waals surface area contributed by atoms with Crippen LogP contribution in [-0.2, 0) is 0 Å². The van der Waals surface area contributed by atoms with Crippen LogP contribution in [-0.4, -0.2) is 47.0 Å². The Morgan fingerprint density at radius 3 is 2.63 bits per heavy atom. The van der Waals surface area contributed by atoms with E-state index in [0.717, 1.165) is 42.4 Å². The zero-order chi connectivity index (χ0) is 20.3. The molecule has 4 aromatic rings. The van der Waals surface area contributed by atoms with Gasteiger partial charge in [0.1, 0.15) is 0 Å². The first kappa shape index (κ1) is 18.7. The van der Waals surface area contributed by atoms with E-state index in [1.54, 1.807) is 17.5 Å². The summed E-state index contributed by atoms with van der Waals surface area (Å²) in [5.41, 5.74) is 2.43. The molecule has 3 heterocycles. The van der Waals surface area contributed by atoms with E-state index in [9.17, 15) is 4.79 Å². The van der Waals surface area contributed by atoms with Crippen molar-refractivity contribution in [3.8, 4) is 10.6 Å². The predicted molar refractivity (Wildman–Crippen MR) is 121 cm³/mol. The Morgan fingerprint density at radius 1 is 1.03 bits per heavy atom. The zero-order valence-corrected chi connectivity index (χ0v) is 17.2. The second-order valence-electron chi connectivity index (χ2n) is 7.16. The minimum Gasteiger partial charge on any atom is -0.336 e. The minimum absolute atomic E-state index is 0.0751. The molecule has 30 heavy (non-hydrogen) atoms. The Kier molecular flexibility index (Phi) is 5.13. The van der Waals surface area contributed by atoms with Crippen LogP contribution in [0.2, 0.25) is 0 Å². The molecule has 0 spiro atoms. The van der Waals surface area contributed by atoms with Gasteiger partial charge in [0.15, 0.2) is 0 Å². The number of nitrogens with zero attached hydrogens (tertiary/aromatic N) is 3. The van der Waals surface area contributed by atoms with Crippen molar-refractivity contribution < 1.29 is 4.79 Å². The van der Waals surface area contributed by atoms with Gasteiger partial charge in [-0.2, -0.15) is 0 Å². The highest BCUT2D eigenvalue weighted by Gasteiger charge is 2.17. The molecule has 6 nitrogen and oxygen atoms in total. The van der Waals surface area contributed by atoms with Gasteiger partial charge >= 0.3 is 0 Å². The van der Waals surface area contributed by atoms with Gasteiger partial charge in [-0.15, -0.1) is 11.3 Å². The zero-order valence-electron chi connectivity index (χ0n) is 16.3. The first-order chi connectivity index (χ1) is 14.8. The van der Waals surface area contributed by atoms with Crippen molar-refractivity contribution in [3.05, 3.63) is 72.4 Å². The first-order valence-electron chi connectivity index (χ1n) is 9.95. The van der Waals surface area contributed by atoms with Crippen LogP contribution in [0.4, 0.5) is 11.6 Å². The molecule has 1 saturated heterocycles. The lowest BCUT2D eigenvalue weighted by molar-refractivity contribution is 0.0736. The third kappa shape index (κ3) is 3.90. The van der Waals surface area contributed by atoms with Crippen LogP contribution >= 0.6 is 11.3 Å². The standard InChI is InChI=1S/C23H21N5OS/c29-22(28-13-11-24-12-14-28)16-5-7-18(8-6-16)26-23-25-10-9-19(27-23)21-15-17-3-1-2-4-20(17)30-21/h1-10,15,24H,11-14H2,(H,25,26,27). The van der Waals surface area contributed by atoms with Gasteiger partial charge in [-0.05, 0) is 47.9 Å². The number of piperazine rings is 1. The van der Waals surface area contributed by atoms with Crippen molar-refractivity contribution in [2.45, 2.75) is 0 Å². The summed E-state index contributed by atoms with van der Waals surface area (Å²) < 4.78 is 1.24. The van der Waals surface area contributed by atoms with Crippen LogP contribution in [0.5, 0.6) is 0 Å². The van der Waals surface area contributed by atoms with E-state index in [-0.39, 0.29) is 5.91 Å². The van der Waals surface area contributed by atoms with E-state index in [4.69, 9.17) is 0 Å². The highest BCUT2D eigenvalue weighted by atomic mass is 32.1. The van der Waals surface area contributed by atoms with Gasteiger partial charge < -0.3 is 15.5 Å². The third-order valence-corrected chi connectivity index (χ3v) is 6.26. The quantitative estimate of drug-likeness (QED) is 0.524. The Morgan fingerprint density at radius 2 is 1.83 bits per heavy atom. The van der Waals surface area contributed by atoms with Crippen molar-refractivity contribution >= 4 is 39.0 Å². The third-order valence-electron chi connectivity index (χ3n) is 5.13. The molecule has 0 bridgehead atoms. The van der Waals surface area contributed by atoms with Gasteiger partial charge in [-0.1, -0.05) is 18.2 Å². The number of nitrogens with one attached hydrogen (secondary N) is 2. The van der Waals surface area contributed by atoms with Crippen LogP contribution in [0.3, 0.4) is 0 Å². The average molecular weight is 416 g/mol. The summed E-state index contributed by atoms with van der Waals surface area (Å²) in [6, 6.07) is 19.9. The van der Waals surface area contributed by atoms with Gasteiger partial charge in [-0.25, -0.2) is 9.97 Å². The topological polar surface area (TPSA) is 70.2 Å². The Hall–Kier alpha value is -3.29. The van der Waals surface area contributed by atoms with E-state index in [2.05, 4.69) is 38.8 Å². The highest BCUT2D eigenvalue weighted by Crippen LogP contribution is 2.32. The molecule has 5 rings (SSSR count). The maximum atomic E-state index is 12.6. The first-order valence-corrected chi connectivity index (χ1v) is 10.8. The summed E-state index contributed by atoms with van der Waals surface area (Å²) in [6.45, 7) is 3.19.